The zero-order valence-corrected chi connectivity index (χ0v) is 17.4. The fraction of sp³-hybridized carbons (Fsp3) is 0.318. The molecule has 0 bridgehead atoms. The highest BCUT2D eigenvalue weighted by Gasteiger charge is 2.23. The second-order valence-electron chi connectivity index (χ2n) is 7.89. The van der Waals surface area contributed by atoms with Gasteiger partial charge in [-0.2, -0.15) is 0 Å². The Hall–Kier alpha value is -3.55. The minimum absolute atomic E-state index is 0.0215. The van der Waals surface area contributed by atoms with Crippen LogP contribution < -0.4 is 21.3 Å². The molecule has 2 aromatic rings. The number of carboxylic acid groups (broad SMARTS) is 1. The van der Waals surface area contributed by atoms with Gasteiger partial charge in [-0.1, -0.05) is 18.2 Å². The zero-order chi connectivity index (χ0) is 22.1. The first-order valence-corrected chi connectivity index (χ1v) is 9.66. The molecular weight excluding hydrogens is 384 g/mol. The molecule has 160 valence electrons. The van der Waals surface area contributed by atoms with E-state index in [1.54, 1.807) is 32.9 Å². The van der Waals surface area contributed by atoms with E-state index in [2.05, 4.69) is 21.3 Å². The Balaban J connectivity index is 1.83. The predicted molar refractivity (Wildman–Crippen MR) is 117 cm³/mol. The second kappa shape index (κ2) is 10.3. The van der Waals surface area contributed by atoms with Crippen LogP contribution in [0.1, 0.15) is 33.6 Å². The Morgan fingerprint density at radius 3 is 2.03 bits per heavy atom. The molecule has 0 saturated carbocycles. The van der Waals surface area contributed by atoms with Crippen molar-refractivity contribution in [3.05, 3.63) is 54.6 Å². The van der Waals surface area contributed by atoms with Gasteiger partial charge in [-0.15, -0.1) is 0 Å². The molecule has 0 saturated heterocycles. The summed E-state index contributed by atoms with van der Waals surface area (Å²) in [4.78, 5) is 35.4. The van der Waals surface area contributed by atoms with Crippen molar-refractivity contribution in [2.45, 2.75) is 45.2 Å². The van der Waals surface area contributed by atoms with E-state index in [1.165, 1.54) is 0 Å². The van der Waals surface area contributed by atoms with E-state index in [0.717, 1.165) is 11.4 Å². The molecule has 0 fully saturated rings. The van der Waals surface area contributed by atoms with Crippen LogP contribution in [0.4, 0.5) is 21.9 Å². The Bertz CT molecular complexity index is 861. The molecule has 2 rings (SSSR count). The van der Waals surface area contributed by atoms with Crippen LogP contribution in [0.15, 0.2) is 54.6 Å². The summed E-state index contributed by atoms with van der Waals surface area (Å²) in [5.41, 5.74) is 1.94. The number of urea groups is 1. The number of carbonyl (C=O) groups is 3. The van der Waals surface area contributed by atoms with Gasteiger partial charge >= 0.3 is 12.0 Å². The first kappa shape index (κ1) is 22.7. The van der Waals surface area contributed by atoms with Crippen molar-refractivity contribution >= 4 is 35.0 Å². The number of nitrogens with one attached hydrogen (secondary N) is 4. The lowest BCUT2D eigenvalue weighted by Crippen LogP contribution is -2.51. The van der Waals surface area contributed by atoms with E-state index in [-0.39, 0.29) is 18.7 Å². The smallest absolute Gasteiger partial charge is 0.326 e. The fourth-order valence-corrected chi connectivity index (χ4v) is 2.62. The molecule has 0 aliphatic rings. The number of anilines is 3. The lowest BCUT2D eigenvalue weighted by Gasteiger charge is -2.22. The van der Waals surface area contributed by atoms with Crippen LogP contribution in [0, 0.1) is 0 Å². The van der Waals surface area contributed by atoms with Gasteiger partial charge in [0.15, 0.2) is 0 Å². The number of aliphatic carboxylic acids is 1. The lowest BCUT2D eigenvalue weighted by atomic mass is 10.1. The van der Waals surface area contributed by atoms with Gasteiger partial charge in [0.1, 0.15) is 6.04 Å². The van der Waals surface area contributed by atoms with Gasteiger partial charge < -0.3 is 26.4 Å². The van der Waals surface area contributed by atoms with Crippen molar-refractivity contribution in [2.24, 2.45) is 0 Å². The summed E-state index contributed by atoms with van der Waals surface area (Å²) in [5, 5.41) is 20.3. The molecule has 0 aliphatic heterocycles. The summed E-state index contributed by atoms with van der Waals surface area (Å²) in [6.45, 7) is 5.36. The topological polar surface area (TPSA) is 120 Å². The summed E-state index contributed by atoms with van der Waals surface area (Å²) in [5.74, 6) is -1.52. The van der Waals surface area contributed by atoms with Crippen molar-refractivity contribution in [2.75, 3.05) is 10.6 Å². The molecule has 5 N–H and O–H groups in total. The van der Waals surface area contributed by atoms with Gasteiger partial charge in [-0.05, 0) is 63.6 Å². The van der Waals surface area contributed by atoms with Crippen molar-refractivity contribution in [3.8, 4) is 0 Å². The lowest BCUT2D eigenvalue weighted by molar-refractivity contribution is -0.139. The molecule has 8 heteroatoms. The zero-order valence-electron chi connectivity index (χ0n) is 17.4. The van der Waals surface area contributed by atoms with Gasteiger partial charge in [0.05, 0.1) is 0 Å². The van der Waals surface area contributed by atoms with Crippen molar-refractivity contribution < 1.29 is 19.5 Å². The molecule has 30 heavy (non-hydrogen) atoms. The largest absolute Gasteiger partial charge is 0.480 e. The molecule has 0 heterocycles. The molecule has 0 aliphatic carbocycles. The monoisotopic (exact) mass is 412 g/mol. The van der Waals surface area contributed by atoms with Crippen molar-refractivity contribution in [1.82, 2.24) is 10.6 Å². The maximum atomic E-state index is 12.2. The van der Waals surface area contributed by atoms with Crippen LogP contribution in [0.2, 0.25) is 0 Å². The molecule has 2 aromatic carbocycles. The average Bonchev–Trinajstić information content (AvgIpc) is 2.66. The standard InChI is InChI=1S/C22H28N4O4/c1-22(2,3)26-21(30)25-18(20(28)29)13-14-19(27)24-17-11-9-16(10-12-17)23-15-7-5-4-6-8-15/h4-12,18,23H,13-14H2,1-3H3,(H,24,27)(H,28,29)(H2,25,26,30). The minimum Gasteiger partial charge on any atom is -0.480 e. The third-order valence-corrected chi connectivity index (χ3v) is 3.98. The molecule has 3 amide bonds. The van der Waals surface area contributed by atoms with E-state index >= 15 is 0 Å². The molecule has 0 radical (unpaired) electrons. The van der Waals surface area contributed by atoms with E-state index in [4.69, 9.17) is 0 Å². The van der Waals surface area contributed by atoms with E-state index in [0.29, 0.717) is 5.69 Å². The minimum atomic E-state index is -1.19. The van der Waals surface area contributed by atoms with Crippen molar-refractivity contribution in [3.63, 3.8) is 0 Å². The number of hydrogen-bond donors (Lipinski definition) is 5. The Labute approximate surface area is 176 Å². The highest BCUT2D eigenvalue weighted by atomic mass is 16.4. The quantitative estimate of drug-likeness (QED) is 0.453. The van der Waals surface area contributed by atoms with Crippen LogP contribution in [0.3, 0.4) is 0 Å². The number of amides is 3. The van der Waals surface area contributed by atoms with E-state index in [9.17, 15) is 19.5 Å². The van der Waals surface area contributed by atoms with Crippen LogP contribution in [-0.4, -0.2) is 34.6 Å². The van der Waals surface area contributed by atoms with Crippen LogP contribution in [-0.2, 0) is 9.59 Å². The average molecular weight is 412 g/mol. The Morgan fingerprint density at radius 2 is 1.47 bits per heavy atom. The number of para-hydroxylation sites is 1. The van der Waals surface area contributed by atoms with Crippen LogP contribution in [0.5, 0.6) is 0 Å². The molecule has 8 nitrogen and oxygen atoms in total. The van der Waals surface area contributed by atoms with Crippen LogP contribution >= 0.6 is 0 Å². The SMILES string of the molecule is CC(C)(C)NC(=O)NC(CCC(=O)Nc1ccc(Nc2ccccc2)cc1)C(=O)O. The first-order chi connectivity index (χ1) is 14.1. The third kappa shape index (κ3) is 8.22. The summed E-state index contributed by atoms with van der Waals surface area (Å²) in [6.07, 6.45) is -0.0663. The number of benzene rings is 2. The van der Waals surface area contributed by atoms with Gasteiger partial charge in [0.25, 0.3) is 0 Å². The van der Waals surface area contributed by atoms with E-state index < -0.39 is 23.6 Å². The van der Waals surface area contributed by atoms with Gasteiger partial charge in [0.2, 0.25) is 5.91 Å². The molecule has 1 atom stereocenters. The second-order valence-corrected chi connectivity index (χ2v) is 7.89. The van der Waals surface area contributed by atoms with Crippen molar-refractivity contribution in [1.29, 1.82) is 0 Å². The molecule has 1 unspecified atom stereocenters. The van der Waals surface area contributed by atoms with Gasteiger partial charge in [-0.3, -0.25) is 4.79 Å². The van der Waals surface area contributed by atoms with Crippen LogP contribution in [0.25, 0.3) is 0 Å². The summed E-state index contributed by atoms with van der Waals surface area (Å²) in [7, 11) is 0. The first-order valence-electron chi connectivity index (χ1n) is 9.66. The number of carboxylic acids is 1. The maximum absolute atomic E-state index is 12.2. The Morgan fingerprint density at radius 1 is 0.900 bits per heavy atom. The summed E-state index contributed by atoms with van der Waals surface area (Å²) < 4.78 is 0. The molecule has 0 aromatic heterocycles. The molecule has 0 spiro atoms. The fourth-order valence-electron chi connectivity index (χ4n) is 2.62. The van der Waals surface area contributed by atoms with Gasteiger partial charge in [0, 0.05) is 29.0 Å². The Kier molecular flexibility index (Phi) is 7.80. The predicted octanol–water partition coefficient (Wildman–Crippen LogP) is 3.70. The third-order valence-electron chi connectivity index (χ3n) is 3.98. The number of rotatable bonds is 8. The number of hydrogen-bond acceptors (Lipinski definition) is 4. The highest BCUT2D eigenvalue weighted by Crippen LogP contribution is 2.18. The summed E-state index contributed by atoms with van der Waals surface area (Å²) >= 11 is 0. The maximum Gasteiger partial charge on any atom is 0.326 e. The normalized spacial score (nSPS) is 11.8. The summed E-state index contributed by atoms with van der Waals surface area (Å²) in [6, 6.07) is 15.1. The highest BCUT2D eigenvalue weighted by molar-refractivity contribution is 5.91. The number of carbonyl (C=O) groups excluding carboxylic acids is 2. The van der Waals surface area contributed by atoms with E-state index in [1.807, 2.05) is 42.5 Å². The van der Waals surface area contributed by atoms with Gasteiger partial charge in [-0.25, -0.2) is 9.59 Å². The molecular formula is C22H28N4O4.